The average molecular weight is 368 g/mol. The molecule has 0 saturated carbocycles. The number of nitrogens with zero attached hydrogens (tertiary/aromatic N) is 1. The van der Waals surface area contributed by atoms with Crippen LogP contribution >= 0.6 is 0 Å². The highest BCUT2D eigenvalue weighted by molar-refractivity contribution is 6.69. The largest absolute Gasteiger partial charge is 0.493 e. The van der Waals surface area contributed by atoms with Crippen molar-refractivity contribution in [1.29, 1.82) is 5.26 Å². The van der Waals surface area contributed by atoms with Crippen LogP contribution in [0.1, 0.15) is 22.8 Å². The van der Waals surface area contributed by atoms with Crippen LogP contribution < -0.4 is 9.47 Å². The van der Waals surface area contributed by atoms with Crippen molar-refractivity contribution < 1.29 is 13.9 Å². The maximum atomic E-state index is 9.54. The number of benzene rings is 2. The summed E-state index contributed by atoms with van der Waals surface area (Å²) in [4.78, 5) is 0. The van der Waals surface area contributed by atoms with Gasteiger partial charge in [-0.2, -0.15) is 5.26 Å². The third kappa shape index (κ3) is 4.27. The predicted molar refractivity (Wildman–Crippen MR) is 104 cm³/mol. The van der Waals surface area contributed by atoms with Gasteiger partial charge in [-0.25, -0.2) is 0 Å². The third-order valence-electron chi connectivity index (χ3n) is 4.39. The van der Waals surface area contributed by atoms with Gasteiger partial charge in [-0.3, -0.25) is 0 Å². The Morgan fingerprint density at radius 3 is 2.23 bits per heavy atom. The zero-order valence-corrected chi connectivity index (χ0v) is 16.8. The highest BCUT2D eigenvalue weighted by Crippen LogP contribution is 2.35. The smallest absolute Gasteiger partial charge is 0.186 e. The van der Waals surface area contributed by atoms with Crippen molar-refractivity contribution in [2.45, 2.75) is 44.7 Å². The molecule has 0 aliphatic heterocycles. The lowest BCUT2D eigenvalue weighted by Crippen LogP contribution is -2.27. The highest BCUT2D eigenvalue weighted by atomic mass is 28.4. The van der Waals surface area contributed by atoms with Crippen LogP contribution in [0.5, 0.6) is 11.5 Å². The minimum absolute atomic E-state index is 0.0787. The van der Waals surface area contributed by atoms with E-state index in [0.717, 1.165) is 18.4 Å². The Kier molecular flexibility index (Phi) is 5.35. The molecule has 136 valence electrons. The van der Waals surface area contributed by atoms with Crippen molar-refractivity contribution in [3.63, 3.8) is 0 Å². The Morgan fingerprint density at radius 1 is 1.04 bits per heavy atom. The fraction of sp³-hybridized carbons (Fsp3) is 0.381. The first kappa shape index (κ1) is 18.5. The van der Waals surface area contributed by atoms with Gasteiger partial charge in [0.15, 0.2) is 25.9 Å². The van der Waals surface area contributed by atoms with Gasteiger partial charge in [0, 0.05) is 12.8 Å². The molecule has 26 heavy (non-hydrogen) atoms. The molecule has 1 unspecified atom stereocenters. The normalized spacial score (nSPS) is 15.2. The molecule has 2 aromatic rings. The second-order valence-electron chi connectivity index (χ2n) is 7.57. The summed E-state index contributed by atoms with van der Waals surface area (Å²) in [5.41, 5.74) is 3.48. The summed E-state index contributed by atoms with van der Waals surface area (Å²) in [6, 6.07) is 16.3. The van der Waals surface area contributed by atoms with E-state index in [1.807, 2.05) is 18.2 Å². The van der Waals surface area contributed by atoms with E-state index < -0.39 is 14.4 Å². The minimum atomic E-state index is -1.84. The van der Waals surface area contributed by atoms with Crippen molar-refractivity contribution in [3.05, 3.63) is 59.2 Å². The van der Waals surface area contributed by atoms with Crippen LogP contribution in [0.4, 0.5) is 0 Å². The van der Waals surface area contributed by atoms with E-state index in [0.29, 0.717) is 11.5 Å². The first-order valence-electron chi connectivity index (χ1n) is 8.88. The Hall–Kier alpha value is -2.29. The van der Waals surface area contributed by atoms with Gasteiger partial charge >= 0.3 is 0 Å². The molecule has 2 aromatic carbocycles. The lowest BCUT2D eigenvalue weighted by Gasteiger charge is -2.23. The number of hydrogen-bond donors (Lipinski definition) is 0. The van der Waals surface area contributed by atoms with Crippen molar-refractivity contribution in [2.24, 2.45) is 0 Å². The van der Waals surface area contributed by atoms with E-state index in [4.69, 9.17) is 13.9 Å². The summed E-state index contributed by atoms with van der Waals surface area (Å²) in [5.74, 6) is 1.34. The molecule has 0 heterocycles. The van der Waals surface area contributed by atoms with E-state index in [9.17, 15) is 5.26 Å². The molecule has 0 amide bonds. The molecule has 0 fully saturated rings. The summed E-state index contributed by atoms with van der Waals surface area (Å²) >= 11 is 0. The molecule has 0 saturated heterocycles. The SMILES string of the molecule is COc1ccc(C(C#N)O[Si](C)(C)C)cc1OC1Cc2ccccc2C1. The summed E-state index contributed by atoms with van der Waals surface area (Å²) in [7, 11) is -0.206. The number of fused-ring (bicyclic) bond motifs is 1. The van der Waals surface area contributed by atoms with E-state index in [1.54, 1.807) is 7.11 Å². The summed E-state index contributed by atoms with van der Waals surface area (Å²) in [6.45, 7) is 6.23. The van der Waals surface area contributed by atoms with Crippen LogP contribution in [0.15, 0.2) is 42.5 Å². The van der Waals surface area contributed by atoms with E-state index in [-0.39, 0.29) is 6.10 Å². The molecule has 0 bridgehead atoms. The lowest BCUT2D eigenvalue weighted by atomic mass is 10.1. The molecule has 0 N–H and O–H groups in total. The van der Waals surface area contributed by atoms with Gasteiger partial charge in [-0.1, -0.05) is 30.3 Å². The standard InChI is InChI=1S/C21H25NO3Si/c1-23-19-10-9-17(21(14-22)25-26(2,3)4)13-20(19)24-18-11-15-7-5-6-8-16(15)12-18/h5-10,13,18,21H,11-12H2,1-4H3. The van der Waals surface area contributed by atoms with Gasteiger partial charge in [0.2, 0.25) is 0 Å². The Labute approximate surface area is 156 Å². The first-order valence-corrected chi connectivity index (χ1v) is 12.3. The summed E-state index contributed by atoms with van der Waals surface area (Å²) < 4.78 is 17.7. The molecular formula is C21H25NO3Si. The maximum Gasteiger partial charge on any atom is 0.186 e. The molecular weight excluding hydrogens is 342 g/mol. The summed E-state index contributed by atoms with van der Waals surface area (Å²) in [5, 5.41) is 9.54. The Morgan fingerprint density at radius 2 is 1.69 bits per heavy atom. The maximum absolute atomic E-state index is 9.54. The molecule has 3 rings (SSSR count). The van der Waals surface area contributed by atoms with Gasteiger partial charge in [0.25, 0.3) is 0 Å². The minimum Gasteiger partial charge on any atom is -0.493 e. The second kappa shape index (κ2) is 7.53. The van der Waals surface area contributed by atoms with Crippen LogP contribution in [-0.2, 0) is 17.3 Å². The summed E-state index contributed by atoms with van der Waals surface area (Å²) in [6.07, 6.45) is 1.26. The Balaban J connectivity index is 1.81. The molecule has 4 nitrogen and oxygen atoms in total. The van der Waals surface area contributed by atoms with E-state index in [1.165, 1.54) is 11.1 Å². The highest BCUT2D eigenvalue weighted by Gasteiger charge is 2.26. The molecule has 5 heteroatoms. The van der Waals surface area contributed by atoms with Crippen molar-refractivity contribution >= 4 is 8.32 Å². The Bertz CT molecular complexity index is 798. The zero-order chi connectivity index (χ0) is 18.7. The topological polar surface area (TPSA) is 51.5 Å². The van der Waals surface area contributed by atoms with Gasteiger partial charge < -0.3 is 13.9 Å². The van der Waals surface area contributed by atoms with Crippen LogP contribution in [0.2, 0.25) is 19.6 Å². The van der Waals surface area contributed by atoms with Crippen LogP contribution in [-0.4, -0.2) is 21.5 Å². The quantitative estimate of drug-likeness (QED) is 0.697. The molecule has 1 atom stereocenters. The monoisotopic (exact) mass is 367 g/mol. The number of hydrogen-bond acceptors (Lipinski definition) is 4. The number of rotatable bonds is 6. The number of methoxy groups -OCH3 is 1. The molecule has 0 radical (unpaired) electrons. The van der Waals surface area contributed by atoms with Crippen molar-refractivity contribution in [2.75, 3.05) is 7.11 Å². The third-order valence-corrected chi connectivity index (χ3v) is 5.33. The van der Waals surface area contributed by atoms with Crippen LogP contribution in [0, 0.1) is 11.3 Å². The van der Waals surface area contributed by atoms with Gasteiger partial charge in [-0.05, 0) is 48.5 Å². The lowest BCUT2D eigenvalue weighted by molar-refractivity contribution is 0.202. The van der Waals surface area contributed by atoms with Gasteiger partial charge in [0.05, 0.1) is 13.2 Å². The first-order chi connectivity index (χ1) is 12.4. The molecule has 1 aliphatic carbocycles. The van der Waals surface area contributed by atoms with Crippen molar-refractivity contribution in [3.8, 4) is 17.6 Å². The second-order valence-corrected chi connectivity index (χ2v) is 12.0. The molecule has 0 spiro atoms. The fourth-order valence-electron chi connectivity index (χ4n) is 3.25. The molecule has 1 aliphatic rings. The predicted octanol–water partition coefficient (Wildman–Crippen LogP) is 4.66. The van der Waals surface area contributed by atoms with Crippen LogP contribution in [0.25, 0.3) is 0 Å². The van der Waals surface area contributed by atoms with Gasteiger partial charge in [-0.15, -0.1) is 0 Å². The fourth-order valence-corrected chi connectivity index (χ4v) is 4.15. The van der Waals surface area contributed by atoms with E-state index in [2.05, 4.69) is 50.0 Å². The average Bonchev–Trinajstić information content (AvgIpc) is 3.01. The van der Waals surface area contributed by atoms with Crippen LogP contribution in [0.3, 0.4) is 0 Å². The number of ether oxygens (including phenoxy) is 2. The number of nitriles is 1. The van der Waals surface area contributed by atoms with E-state index >= 15 is 0 Å². The zero-order valence-electron chi connectivity index (χ0n) is 15.8. The van der Waals surface area contributed by atoms with Gasteiger partial charge in [0.1, 0.15) is 6.10 Å². The molecule has 0 aromatic heterocycles. The van der Waals surface area contributed by atoms with Crippen molar-refractivity contribution in [1.82, 2.24) is 0 Å².